The second-order valence-corrected chi connectivity index (χ2v) is 2.26. The molecule has 1 aliphatic rings. The molecule has 0 saturated carbocycles. The van der Waals surface area contributed by atoms with Crippen LogP contribution in [0.15, 0.2) is 0 Å². The van der Waals surface area contributed by atoms with E-state index < -0.39 is 0 Å². The SMILES string of the molecule is C1CCNCC1.OCCO. The number of hydrogen-bond donors (Lipinski definition) is 3. The van der Waals surface area contributed by atoms with Crippen molar-refractivity contribution >= 4 is 0 Å². The smallest absolute Gasteiger partial charge is 0.0662 e. The zero-order chi connectivity index (χ0) is 7.66. The van der Waals surface area contributed by atoms with Crippen molar-refractivity contribution in [3.8, 4) is 0 Å². The molecule has 62 valence electrons. The largest absolute Gasteiger partial charge is 0.394 e. The van der Waals surface area contributed by atoms with Crippen molar-refractivity contribution in [2.24, 2.45) is 0 Å². The standard InChI is InChI=1S/C5H11N.C2H6O2/c1-2-4-6-5-3-1;3-1-2-4/h6H,1-5H2;3-4H,1-2H2. The van der Waals surface area contributed by atoms with Crippen LogP contribution in [0.1, 0.15) is 19.3 Å². The first kappa shape index (κ1) is 9.88. The molecule has 0 aliphatic carbocycles. The molecule has 0 amide bonds. The summed E-state index contributed by atoms with van der Waals surface area (Å²) in [5.74, 6) is 0. The third kappa shape index (κ3) is 7.88. The van der Waals surface area contributed by atoms with Crippen molar-refractivity contribution in [1.29, 1.82) is 0 Å². The highest BCUT2D eigenvalue weighted by Crippen LogP contribution is 1.96. The summed E-state index contributed by atoms with van der Waals surface area (Å²) in [6.07, 6.45) is 4.22. The minimum Gasteiger partial charge on any atom is -0.394 e. The first-order valence-corrected chi connectivity index (χ1v) is 3.84. The number of rotatable bonds is 1. The van der Waals surface area contributed by atoms with Gasteiger partial charge in [-0.1, -0.05) is 6.42 Å². The molecular formula is C7H17NO2. The van der Waals surface area contributed by atoms with Crippen molar-refractivity contribution in [3.63, 3.8) is 0 Å². The predicted molar refractivity (Wildman–Crippen MR) is 40.9 cm³/mol. The van der Waals surface area contributed by atoms with Gasteiger partial charge in [0, 0.05) is 0 Å². The van der Waals surface area contributed by atoms with E-state index in [1.54, 1.807) is 0 Å². The van der Waals surface area contributed by atoms with Gasteiger partial charge in [-0.15, -0.1) is 0 Å². The molecule has 10 heavy (non-hydrogen) atoms. The Hall–Kier alpha value is -0.120. The molecule has 3 nitrogen and oxygen atoms in total. The van der Waals surface area contributed by atoms with Gasteiger partial charge in [0.05, 0.1) is 13.2 Å². The number of piperidine rings is 1. The van der Waals surface area contributed by atoms with Crippen LogP contribution >= 0.6 is 0 Å². The number of aliphatic hydroxyl groups is 2. The molecule has 3 N–H and O–H groups in total. The van der Waals surface area contributed by atoms with Crippen LogP contribution in [0.5, 0.6) is 0 Å². The van der Waals surface area contributed by atoms with Gasteiger partial charge in [0.15, 0.2) is 0 Å². The zero-order valence-corrected chi connectivity index (χ0v) is 6.34. The first-order chi connectivity index (χ1) is 4.91. The zero-order valence-electron chi connectivity index (χ0n) is 6.34. The Kier molecular flexibility index (Phi) is 8.77. The fraction of sp³-hybridized carbons (Fsp3) is 1.00. The summed E-state index contributed by atoms with van der Waals surface area (Å²) in [5.41, 5.74) is 0. The monoisotopic (exact) mass is 147 g/mol. The molecular weight excluding hydrogens is 130 g/mol. The second-order valence-electron chi connectivity index (χ2n) is 2.26. The van der Waals surface area contributed by atoms with Crippen molar-refractivity contribution in [2.45, 2.75) is 19.3 Å². The van der Waals surface area contributed by atoms with Crippen LogP contribution in [-0.4, -0.2) is 36.5 Å². The molecule has 0 atom stereocenters. The van der Waals surface area contributed by atoms with E-state index in [0.717, 1.165) is 0 Å². The van der Waals surface area contributed by atoms with Gasteiger partial charge in [-0.05, 0) is 25.9 Å². The first-order valence-electron chi connectivity index (χ1n) is 3.84. The van der Waals surface area contributed by atoms with E-state index in [0.29, 0.717) is 0 Å². The van der Waals surface area contributed by atoms with Crippen molar-refractivity contribution in [2.75, 3.05) is 26.3 Å². The van der Waals surface area contributed by atoms with Gasteiger partial charge in [-0.3, -0.25) is 0 Å². The molecule has 0 unspecified atom stereocenters. The Morgan fingerprint density at radius 1 is 0.900 bits per heavy atom. The summed E-state index contributed by atoms with van der Waals surface area (Å²) in [5, 5.41) is 18.5. The fourth-order valence-corrected chi connectivity index (χ4v) is 0.802. The minimum atomic E-state index is -0.125. The van der Waals surface area contributed by atoms with E-state index in [1.165, 1.54) is 32.4 Å². The summed E-state index contributed by atoms with van der Waals surface area (Å²) in [6, 6.07) is 0. The highest BCUT2D eigenvalue weighted by Gasteiger charge is 1.93. The van der Waals surface area contributed by atoms with E-state index in [4.69, 9.17) is 10.2 Å². The number of hydrogen-bond acceptors (Lipinski definition) is 3. The maximum absolute atomic E-state index is 7.62. The molecule has 0 bridgehead atoms. The molecule has 0 radical (unpaired) electrons. The molecule has 1 rings (SSSR count). The molecule has 3 heteroatoms. The van der Waals surface area contributed by atoms with E-state index in [9.17, 15) is 0 Å². The lowest BCUT2D eigenvalue weighted by atomic mass is 10.2. The van der Waals surface area contributed by atoms with Crippen LogP contribution in [0.2, 0.25) is 0 Å². The van der Waals surface area contributed by atoms with Gasteiger partial charge in [0.1, 0.15) is 0 Å². The van der Waals surface area contributed by atoms with Crippen LogP contribution in [0.4, 0.5) is 0 Å². The molecule has 0 aromatic rings. The molecule has 1 fully saturated rings. The molecule has 0 aromatic heterocycles. The lowest BCUT2D eigenvalue weighted by Gasteiger charge is -2.08. The van der Waals surface area contributed by atoms with Gasteiger partial charge < -0.3 is 15.5 Å². The Morgan fingerprint density at radius 2 is 1.40 bits per heavy atom. The fourth-order valence-electron chi connectivity index (χ4n) is 0.802. The van der Waals surface area contributed by atoms with Gasteiger partial charge in [0.2, 0.25) is 0 Å². The third-order valence-corrected chi connectivity index (χ3v) is 1.31. The maximum Gasteiger partial charge on any atom is 0.0662 e. The van der Waals surface area contributed by atoms with Crippen LogP contribution < -0.4 is 5.32 Å². The predicted octanol–water partition coefficient (Wildman–Crippen LogP) is -0.269. The number of aliphatic hydroxyl groups excluding tert-OH is 2. The normalized spacial score (nSPS) is 17.4. The highest BCUT2D eigenvalue weighted by atomic mass is 16.3. The van der Waals surface area contributed by atoms with Gasteiger partial charge in [0.25, 0.3) is 0 Å². The third-order valence-electron chi connectivity index (χ3n) is 1.31. The van der Waals surface area contributed by atoms with Crippen molar-refractivity contribution in [1.82, 2.24) is 5.32 Å². The lowest BCUT2D eigenvalue weighted by molar-refractivity contribution is 0.186. The summed E-state index contributed by atoms with van der Waals surface area (Å²) in [6.45, 7) is 2.25. The highest BCUT2D eigenvalue weighted by molar-refractivity contribution is 4.55. The Morgan fingerprint density at radius 3 is 1.50 bits per heavy atom. The van der Waals surface area contributed by atoms with E-state index in [2.05, 4.69) is 5.32 Å². The Balaban J connectivity index is 0.000000180. The summed E-state index contributed by atoms with van der Waals surface area (Å²) in [4.78, 5) is 0. The maximum atomic E-state index is 7.62. The van der Waals surface area contributed by atoms with Crippen molar-refractivity contribution < 1.29 is 10.2 Å². The second kappa shape index (κ2) is 8.88. The average molecular weight is 147 g/mol. The van der Waals surface area contributed by atoms with E-state index in [-0.39, 0.29) is 13.2 Å². The van der Waals surface area contributed by atoms with Gasteiger partial charge in [-0.25, -0.2) is 0 Å². The summed E-state index contributed by atoms with van der Waals surface area (Å²) >= 11 is 0. The van der Waals surface area contributed by atoms with E-state index >= 15 is 0 Å². The van der Waals surface area contributed by atoms with Crippen LogP contribution in [-0.2, 0) is 0 Å². The minimum absolute atomic E-state index is 0.125. The topological polar surface area (TPSA) is 52.5 Å². The summed E-state index contributed by atoms with van der Waals surface area (Å²) in [7, 11) is 0. The Labute approximate surface area is 62.1 Å². The lowest BCUT2D eigenvalue weighted by Crippen LogP contribution is -2.21. The molecule has 1 heterocycles. The molecule has 1 aliphatic heterocycles. The van der Waals surface area contributed by atoms with Crippen LogP contribution in [0.3, 0.4) is 0 Å². The molecule has 0 spiro atoms. The molecule has 0 aromatic carbocycles. The quantitative estimate of drug-likeness (QED) is 0.478. The van der Waals surface area contributed by atoms with Crippen LogP contribution in [0, 0.1) is 0 Å². The van der Waals surface area contributed by atoms with Gasteiger partial charge >= 0.3 is 0 Å². The van der Waals surface area contributed by atoms with Crippen molar-refractivity contribution in [3.05, 3.63) is 0 Å². The molecule has 1 saturated heterocycles. The average Bonchev–Trinajstić information content (AvgIpc) is 2.08. The van der Waals surface area contributed by atoms with Gasteiger partial charge in [-0.2, -0.15) is 0 Å². The van der Waals surface area contributed by atoms with Crippen LogP contribution in [0.25, 0.3) is 0 Å². The van der Waals surface area contributed by atoms with E-state index in [1.807, 2.05) is 0 Å². The number of nitrogens with one attached hydrogen (secondary N) is 1. The summed E-state index contributed by atoms with van der Waals surface area (Å²) < 4.78 is 0. The Bertz CT molecular complexity index is 42.1.